The number of benzene rings is 1. The lowest BCUT2D eigenvalue weighted by atomic mass is 10.1. The van der Waals surface area contributed by atoms with Gasteiger partial charge in [0.25, 0.3) is 0 Å². The monoisotopic (exact) mass is 333 g/mol. The molecule has 0 spiro atoms. The number of carbonyl (C=O) groups is 3. The van der Waals surface area contributed by atoms with Gasteiger partial charge in [0.2, 0.25) is 5.91 Å². The van der Waals surface area contributed by atoms with E-state index in [4.69, 9.17) is 5.11 Å². The number of urea groups is 1. The van der Waals surface area contributed by atoms with Crippen molar-refractivity contribution in [2.75, 3.05) is 20.1 Å². The Morgan fingerprint density at radius 2 is 1.83 bits per heavy atom. The third-order valence-electron chi connectivity index (χ3n) is 4.17. The van der Waals surface area contributed by atoms with E-state index in [0.29, 0.717) is 19.4 Å². The lowest BCUT2D eigenvalue weighted by Crippen LogP contribution is -2.40. The highest BCUT2D eigenvalue weighted by Gasteiger charge is 2.50. The quantitative estimate of drug-likeness (QED) is 0.666. The number of nitrogens with zero attached hydrogens (tertiary/aromatic N) is 1. The Hall–Kier alpha value is -2.57. The van der Waals surface area contributed by atoms with Crippen LogP contribution in [0, 0.1) is 5.41 Å². The van der Waals surface area contributed by atoms with E-state index in [1.165, 1.54) is 4.90 Å². The van der Waals surface area contributed by atoms with Gasteiger partial charge >= 0.3 is 12.0 Å². The van der Waals surface area contributed by atoms with E-state index >= 15 is 0 Å². The van der Waals surface area contributed by atoms with Crippen molar-refractivity contribution in [2.24, 2.45) is 5.41 Å². The smallest absolute Gasteiger partial charge is 0.317 e. The number of rotatable bonds is 8. The van der Waals surface area contributed by atoms with Crippen LogP contribution in [0.15, 0.2) is 30.3 Å². The Labute approximate surface area is 141 Å². The zero-order valence-corrected chi connectivity index (χ0v) is 13.7. The molecule has 0 saturated heterocycles. The zero-order chi connectivity index (χ0) is 17.6. The average Bonchev–Trinajstić information content (AvgIpc) is 3.35. The third-order valence-corrected chi connectivity index (χ3v) is 4.17. The number of hydrogen-bond acceptors (Lipinski definition) is 3. The Kier molecular flexibility index (Phi) is 5.78. The first-order chi connectivity index (χ1) is 11.4. The van der Waals surface area contributed by atoms with E-state index in [1.807, 2.05) is 30.3 Å². The molecule has 24 heavy (non-hydrogen) atoms. The second-order valence-electron chi connectivity index (χ2n) is 6.19. The molecule has 1 aliphatic rings. The van der Waals surface area contributed by atoms with Crippen LogP contribution in [0.1, 0.15) is 24.8 Å². The van der Waals surface area contributed by atoms with E-state index < -0.39 is 11.4 Å². The Morgan fingerprint density at radius 1 is 1.17 bits per heavy atom. The van der Waals surface area contributed by atoms with Crippen LogP contribution in [0.3, 0.4) is 0 Å². The molecule has 3 amide bonds. The molecule has 0 aromatic heterocycles. The fraction of sp³-hybridized carbons (Fsp3) is 0.471. The minimum absolute atomic E-state index is 0.126. The Bertz CT molecular complexity index is 599. The highest BCUT2D eigenvalue weighted by molar-refractivity contribution is 5.81. The molecule has 1 saturated carbocycles. The van der Waals surface area contributed by atoms with Gasteiger partial charge in [-0.1, -0.05) is 30.3 Å². The summed E-state index contributed by atoms with van der Waals surface area (Å²) in [5, 5.41) is 14.3. The SMILES string of the molecule is CN(Cc1ccccc1)C(=O)NCCC(=O)NCC1(C(=O)O)CC1. The fourth-order valence-corrected chi connectivity index (χ4v) is 2.32. The Balaban J connectivity index is 1.63. The first-order valence-corrected chi connectivity index (χ1v) is 7.96. The maximum Gasteiger partial charge on any atom is 0.317 e. The molecule has 3 N–H and O–H groups in total. The molecule has 7 heteroatoms. The molecule has 0 bridgehead atoms. The van der Waals surface area contributed by atoms with Gasteiger partial charge in [0.1, 0.15) is 0 Å². The van der Waals surface area contributed by atoms with Crippen LogP contribution in [0.2, 0.25) is 0 Å². The summed E-state index contributed by atoms with van der Waals surface area (Å²) in [5.41, 5.74) is 0.255. The van der Waals surface area contributed by atoms with E-state index in [-0.39, 0.29) is 31.4 Å². The summed E-state index contributed by atoms with van der Waals surface area (Å²) in [6.45, 7) is 0.854. The molecule has 130 valence electrons. The minimum Gasteiger partial charge on any atom is -0.481 e. The van der Waals surface area contributed by atoms with Crippen molar-refractivity contribution in [3.63, 3.8) is 0 Å². The van der Waals surface area contributed by atoms with Crippen LogP contribution >= 0.6 is 0 Å². The maximum absolute atomic E-state index is 12.0. The lowest BCUT2D eigenvalue weighted by molar-refractivity contribution is -0.143. The third kappa shape index (κ3) is 4.97. The second kappa shape index (κ2) is 7.81. The number of nitrogens with one attached hydrogen (secondary N) is 2. The van der Waals surface area contributed by atoms with E-state index in [9.17, 15) is 14.4 Å². The summed E-state index contributed by atoms with van der Waals surface area (Å²) in [6.07, 6.45) is 1.33. The van der Waals surface area contributed by atoms with Crippen molar-refractivity contribution in [2.45, 2.75) is 25.8 Å². The summed E-state index contributed by atoms with van der Waals surface area (Å²) < 4.78 is 0. The van der Waals surface area contributed by atoms with Crippen molar-refractivity contribution >= 4 is 17.9 Å². The maximum atomic E-state index is 12.0. The number of carboxylic acids is 1. The lowest BCUT2D eigenvalue weighted by Gasteiger charge is -2.18. The van der Waals surface area contributed by atoms with E-state index in [1.54, 1.807) is 7.05 Å². The topological polar surface area (TPSA) is 98.7 Å². The number of aliphatic carboxylic acids is 1. The standard InChI is InChI=1S/C17H23N3O4/c1-20(11-13-5-3-2-4-6-13)16(24)18-10-7-14(21)19-12-17(8-9-17)15(22)23/h2-6H,7-12H2,1H3,(H,18,24)(H,19,21)(H,22,23). The van der Waals surface area contributed by atoms with Gasteiger partial charge in [-0.3, -0.25) is 9.59 Å². The fourth-order valence-electron chi connectivity index (χ4n) is 2.32. The molecule has 0 heterocycles. The first kappa shape index (κ1) is 17.8. The van der Waals surface area contributed by atoms with Crippen molar-refractivity contribution in [1.82, 2.24) is 15.5 Å². The molecule has 0 atom stereocenters. The summed E-state index contributed by atoms with van der Waals surface area (Å²) >= 11 is 0. The van der Waals surface area contributed by atoms with Gasteiger partial charge in [-0.25, -0.2) is 4.79 Å². The predicted octanol–water partition coefficient (Wildman–Crippen LogP) is 1.20. The predicted molar refractivity (Wildman–Crippen MR) is 88.2 cm³/mol. The van der Waals surface area contributed by atoms with Gasteiger partial charge in [0.05, 0.1) is 5.41 Å². The molecule has 1 aliphatic carbocycles. The first-order valence-electron chi connectivity index (χ1n) is 7.96. The molecular formula is C17H23N3O4. The van der Waals surface area contributed by atoms with Gasteiger partial charge in [0, 0.05) is 33.1 Å². The summed E-state index contributed by atoms with van der Waals surface area (Å²) in [7, 11) is 1.69. The van der Waals surface area contributed by atoms with Crippen LogP contribution in [-0.2, 0) is 16.1 Å². The van der Waals surface area contributed by atoms with Crippen LogP contribution in [0.25, 0.3) is 0 Å². The van der Waals surface area contributed by atoms with Gasteiger partial charge in [-0.2, -0.15) is 0 Å². The highest BCUT2D eigenvalue weighted by atomic mass is 16.4. The van der Waals surface area contributed by atoms with E-state index in [0.717, 1.165) is 5.56 Å². The van der Waals surface area contributed by atoms with Crippen LogP contribution in [0.5, 0.6) is 0 Å². The van der Waals surface area contributed by atoms with Gasteiger partial charge in [0.15, 0.2) is 0 Å². The molecular weight excluding hydrogens is 310 g/mol. The van der Waals surface area contributed by atoms with Gasteiger partial charge in [-0.05, 0) is 18.4 Å². The molecule has 0 unspecified atom stereocenters. The van der Waals surface area contributed by atoms with Gasteiger partial charge < -0.3 is 20.6 Å². The molecule has 0 radical (unpaired) electrons. The van der Waals surface area contributed by atoms with Crippen molar-refractivity contribution in [1.29, 1.82) is 0 Å². The molecule has 1 aromatic carbocycles. The molecule has 1 aromatic rings. The molecule has 1 fully saturated rings. The average molecular weight is 333 g/mol. The zero-order valence-electron chi connectivity index (χ0n) is 13.7. The van der Waals surface area contributed by atoms with Crippen LogP contribution in [-0.4, -0.2) is 48.1 Å². The minimum atomic E-state index is -0.862. The summed E-state index contributed by atoms with van der Waals surface area (Å²) in [6, 6.07) is 9.36. The number of carbonyl (C=O) groups excluding carboxylic acids is 2. The highest BCUT2D eigenvalue weighted by Crippen LogP contribution is 2.45. The van der Waals surface area contributed by atoms with Crippen LogP contribution < -0.4 is 10.6 Å². The molecule has 7 nitrogen and oxygen atoms in total. The van der Waals surface area contributed by atoms with Crippen molar-refractivity contribution < 1.29 is 19.5 Å². The summed E-state index contributed by atoms with van der Waals surface area (Å²) in [5.74, 6) is -1.12. The summed E-state index contributed by atoms with van der Waals surface area (Å²) in [4.78, 5) is 36.2. The number of hydrogen-bond donors (Lipinski definition) is 3. The normalized spacial score (nSPS) is 14.5. The Morgan fingerprint density at radius 3 is 2.42 bits per heavy atom. The van der Waals surface area contributed by atoms with Crippen molar-refractivity contribution in [3.05, 3.63) is 35.9 Å². The van der Waals surface area contributed by atoms with Crippen LogP contribution in [0.4, 0.5) is 4.79 Å². The number of carboxylic acid groups (broad SMARTS) is 1. The second-order valence-corrected chi connectivity index (χ2v) is 6.19. The molecule has 2 rings (SSSR count). The van der Waals surface area contributed by atoms with Gasteiger partial charge in [-0.15, -0.1) is 0 Å². The largest absolute Gasteiger partial charge is 0.481 e. The van der Waals surface area contributed by atoms with E-state index in [2.05, 4.69) is 10.6 Å². The number of amides is 3. The van der Waals surface area contributed by atoms with Crippen molar-refractivity contribution in [3.8, 4) is 0 Å². The molecule has 0 aliphatic heterocycles.